The van der Waals surface area contributed by atoms with Crippen LogP contribution in [0.15, 0.2) is 47.4 Å². The lowest BCUT2D eigenvalue weighted by Gasteiger charge is -2.11. The molecular weight excluding hydrogens is 380 g/mol. The van der Waals surface area contributed by atoms with Crippen LogP contribution in [-0.4, -0.2) is 46.0 Å². The van der Waals surface area contributed by atoms with Crippen LogP contribution in [-0.2, 0) is 16.4 Å². The molecule has 10 heteroatoms. The highest BCUT2D eigenvalue weighted by atomic mass is 35.5. The third-order valence-corrected chi connectivity index (χ3v) is 5.23. The fourth-order valence-corrected chi connectivity index (χ4v) is 3.71. The lowest BCUT2D eigenvalue weighted by atomic mass is 10.1. The summed E-state index contributed by atoms with van der Waals surface area (Å²) in [6, 6.07) is 11.5. The van der Waals surface area contributed by atoms with Gasteiger partial charge in [0.25, 0.3) is 0 Å². The average Bonchev–Trinajstić information content (AvgIpc) is 3.04. The van der Waals surface area contributed by atoms with Crippen molar-refractivity contribution < 1.29 is 18.3 Å². The number of nitrogens with zero attached hydrogens (tertiary/aromatic N) is 4. The van der Waals surface area contributed by atoms with Gasteiger partial charge in [-0.05, 0) is 17.3 Å². The number of carboxylic acids is 1. The van der Waals surface area contributed by atoms with Crippen LogP contribution < -0.4 is 0 Å². The second-order valence-corrected chi connectivity index (χ2v) is 7.85. The summed E-state index contributed by atoms with van der Waals surface area (Å²) in [6.45, 7) is -0.137. The first-order chi connectivity index (χ1) is 12.3. The topological polar surface area (TPSA) is 115 Å². The van der Waals surface area contributed by atoms with Crippen molar-refractivity contribution in [3.05, 3.63) is 58.6 Å². The Labute approximate surface area is 154 Å². The second-order valence-electron chi connectivity index (χ2n) is 5.49. The SMILES string of the molecule is CS(=O)(=O)c1ccc(C(=O)O)c(Cl)c1Cn1nnc(-c2ccccc2)n1. The number of halogens is 1. The minimum Gasteiger partial charge on any atom is -0.478 e. The van der Waals surface area contributed by atoms with Crippen LogP contribution in [0.5, 0.6) is 0 Å². The van der Waals surface area contributed by atoms with Crippen molar-refractivity contribution in [2.45, 2.75) is 11.4 Å². The Morgan fingerprint density at radius 2 is 1.88 bits per heavy atom. The standard InChI is InChI=1S/C16H13ClN4O4S/c1-26(24,25)13-8-7-11(16(22)23)14(17)12(13)9-21-19-15(18-20-21)10-5-3-2-4-6-10/h2-8H,9H2,1H3,(H,22,23). The molecule has 2 aromatic carbocycles. The lowest BCUT2D eigenvalue weighted by molar-refractivity contribution is 0.0696. The fraction of sp³-hybridized carbons (Fsp3) is 0.125. The summed E-state index contributed by atoms with van der Waals surface area (Å²) in [4.78, 5) is 12.4. The van der Waals surface area contributed by atoms with E-state index >= 15 is 0 Å². The molecule has 1 N–H and O–H groups in total. The van der Waals surface area contributed by atoms with Gasteiger partial charge in [-0.15, -0.1) is 10.2 Å². The maximum atomic E-state index is 12.0. The molecule has 0 aliphatic carbocycles. The predicted molar refractivity (Wildman–Crippen MR) is 93.9 cm³/mol. The molecule has 1 aromatic heterocycles. The second kappa shape index (κ2) is 6.85. The van der Waals surface area contributed by atoms with E-state index in [0.29, 0.717) is 5.82 Å². The minimum atomic E-state index is -3.63. The van der Waals surface area contributed by atoms with Crippen LogP contribution in [0.3, 0.4) is 0 Å². The molecule has 3 aromatic rings. The fourth-order valence-electron chi connectivity index (χ4n) is 2.42. The Balaban J connectivity index is 2.05. The van der Waals surface area contributed by atoms with Crippen LogP contribution >= 0.6 is 11.6 Å². The van der Waals surface area contributed by atoms with Gasteiger partial charge in [-0.2, -0.15) is 4.80 Å². The van der Waals surface area contributed by atoms with Crippen LogP contribution in [0.25, 0.3) is 11.4 Å². The largest absolute Gasteiger partial charge is 0.478 e. The van der Waals surface area contributed by atoms with Gasteiger partial charge in [0.2, 0.25) is 5.82 Å². The average molecular weight is 393 g/mol. The van der Waals surface area contributed by atoms with Gasteiger partial charge in [0.15, 0.2) is 9.84 Å². The van der Waals surface area contributed by atoms with Gasteiger partial charge in [-0.25, -0.2) is 13.2 Å². The Morgan fingerprint density at radius 3 is 2.50 bits per heavy atom. The molecule has 0 bridgehead atoms. The number of aromatic nitrogens is 4. The summed E-state index contributed by atoms with van der Waals surface area (Å²) in [7, 11) is -3.63. The zero-order chi connectivity index (χ0) is 18.9. The summed E-state index contributed by atoms with van der Waals surface area (Å²) >= 11 is 6.15. The quantitative estimate of drug-likeness (QED) is 0.707. The molecule has 0 spiro atoms. The van der Waals surface area contributed by atoms with Gasteiger partial charge in [0.1, 0.15) is 0 Å². The summed E-state index contributed by atoms with van der Waals surface area (Å²) < 4.78 is 24.1. The third kappa shape index (κ3) is 3.58. The van der Waals surface area contributed by atoms with Crippen molar-refractivity contribution in [3.63, 3.8) is 0 Å². The number of hydrogen-bond donors (Lipinski definition) is 1. The van der Waals surface area contributed by atoms with Crippen LogP contribution in [0.1, 0.15) is 15.9 Å². The van der Waals surface area contributed by atoms with Crippen molar-refractivity contribution in [1.82, 2.24) is 20.2 Å². The van der Waals surface area contributed by atoms with Crippen LogP contribution in [0.4, 0.5) is 0 Å². The molecule has 8 nitrogen and oxygen atoms in total. The van der Waals surface area contributed by atoms with Gasteiger partial charge in [-0.3, -0.25) is 0 Å². The van der Waals surface area contributed by atoms with Crippen molar-refractivity contribution in [1.29, 1.82) is 0 Å². The summed E-state index contributed by atoms with van der Waals surface area (Å²) in [6.07, 6.45) is 1.02. The van der Waals surface area contributed by atoms with E-state index in [-0.39, 0.29) is 27.6 Å². The molecule has 0 aliphatic heterocycles. The Hall–Kier alpha value is -2.78. The highest BCUT2D eigenvalue weighted by molar-refractivity contribution is 7.90. The van der Waals surface area contributed by atoms with E-state index in [1.165, 1.54) is 10.9 Å². The predicted octanol–water partition coefficient (Wildman–Crippen LogP) is 2.14. The van der Waals surface area contributed by atoms with Gasteiger partial charge in [-0.1, -0.05) is 41.9 Å². The first kappa shape index (κ1) is 18.0. The van der Waals surface area contributed by atoms with Gasteiger partial charge >= 0.3 is 5.97 Å². The van der Waals surface area contributed by atoms with E-state index in [4.69, 9.17) is 11.6 Å². The molecule has 0 saturated carbocycles. The lowest BCUT2D eigenvalue weighted by Crippen LogP contribution is -2.12. The van der Waals surface area contributed by atoms with E-state index in [0.717, 1.165) is 17.9 Å². The van der Waals surface area contributed by atoms with Gasteiger partial charge in [0, 0.05) is 17.4 Å². The minimum absolute atomic E-state index is 0.0777. The summed E-state index contributed by atoms with van der Waals surface area (Å²) in [5.74, 6) is -0.898. The molecule has 0 unspecified atom stereocenters. The molecule has 1 heterocycles. The molecule has 0 saturated heterocycles. The normalized spacial score (nSPS) is 11.5. The maximum Gasteiger partial charge on any atom is 0.337 e. The molecule has 0 amide bonds. The number of tetrazole rings is 1. The van der Waals surface area contributed by atoms with E-state index < -0.39 is 15.8 Å². The molecule has 0 radical (unpaired) electrons. The monoisotopic (exact) mass is 392 g/mol. The molecule has 3 rings (SSSR count). The summed E-state index contributed by atoms with van der Waals surface area (Å²) in [5, 5.41) is 21.1. The number of carbonyl (C=O) groups is 1. The molecule has 0 atom stereocenters. The summed E-state index contributed by atoms with van der Waals surface area (Å²) in [5.41, 5.74) is 0.649. The molecule has 0 aliphatic rings. The molecule has 134 valence electrons. The van der Waals surface area contributed by atoms with Crippen LogP contribution in [0.2, 0.25) is 5.02 Å². The Bertz CT molecular complexity index is 1080. The van der Waals surface area contributed by atoms with Crippen molar-refractivity contribution in [2.75, 3.05) is 6.26 Å². The first-order valence-corrected chi connectivity index (χ1v) is 9.62. The van der Waals surface area contributed by atoms with Crippen LogP contribution in [0, 0.1) is 0 Å². The first-order valence-electron chi connectivity index (χ1n) is 7.35. The highest BCUT2D eigenvalue weighted by Gasteiger charge is 2.22. The number of benzene rings is 2. The Morgan fingerprint density at radius 1 is 1.19 bits per heavy atom. The van der Waals surface area contributed by atoms with Crippen molar-refractivity contribution in [2.24, 2.45) is 0 Å². The molecule has 0 fully saturated rings. The van der Waals surface area contributed by atoms with Gasteiger partial charge < -0.3 is 5.11 Å². The highest BCUT2D eigenvalue weighted by Crippen LogP contribution is 2.29. The van der Waals surface area contributed by atoms with Crippen molar-refractivity contribution in [3.8, 4) is 11.4 Å². The smallest absolute Gasteiger partial charge is 0.337 e. The maximum absolute atomic E-state index is 12.0. The van der Waals surface area contributed by atoms with Crippen molar-refractivity contribution >= 4 is 27.4 Å². The molecular formula is C16H13ClN4O4S. The number of sulfone groups is 1. The molecule has 26 heavy (non-hydrogen) atoms. The number of carboxylic acid groups (broad SMARTS) is 1. The van der Waals surface area contributed by atoms with Gasteiger partial charge in [0.05, 0.1) is 22.0 Å². The zero-order valence-corrected chi connectivity index (χ0v) is 15.1. The van der Waals surface area contributed by atoms with E-state index in [1.54, 1.807) is 12.1 Å². The third-order valence-electron chi connectivity index (χ3n) is 3.61. The number of aromatic carboxylic acids is 1. The van der Waals surface area contributed by atoms with E-state index in [1.807, 2.05) is 18.2 Å². The Kier molecular flexibility index (Phi) is 4.75. The van der Waals surface area contributed by atoms with E-state index in [2.05, 4.69) is 15.4 Å². The number of rotatable bonds is 5. The number of hydrogen-bond acceptors (Lipinski definition) is 6. The van der Waals surface area contributed by atoms with E-state index in [9.17, 15) is 18.3 Å². The zero-order valence-electron chi connectivity index (χ0n) is 13.5.